The number of nitrogens with one attached hydrogen (secondary N) is 1. The van der Waals surface area contributed by atoms with Crippen LogP contribution in [0.15, 0.2) is 18.2 Å². The predicted octanol–water partition coefficient (Wildman–Crippen LogP) is 3.45. The van der Waals surface area contributed by atoms with E-state index in [1.54, 1.807) is 11.9 Å². The minimum absolute atomic E-state index is 0.823. The molecule has 3 rings (SSSR count). The zero-order valence-corrected chi connectivity index (χ0v) is 9.27. The zero-order valence-electron chi connectivity index (χ0n) is 8.45. The highest BCUT2D eigenvalue weighted by Gasteiger charge is 2.17. The van der Waals surface area contributed by atoms with Crippen LogP contribution in [0.25, 0.3) is 6.08 Å². The average molecular weight is 219 g/mol. The summed E-state index contributed by atoms with van der Waals surface area (Å²) in [6.45, 7) is 0.823. The fraction of sp³-hybridized carbons (Fsp3) is 0.333. The lowest BCUT2D eigenvalue weighted by Gasteiger charge is -2.14. The van der Waals surface area contributed by atoms with Crippen molar-refractivity contribution in [1.82, 2.24) is 0 Å². The van der Waals surface area contributed by atoms with Gasteiger partial charge in [0.2, 0.25) is 0 Å². The van der Waals surface area contributed by atoms with Crippen LogP contribution < -0.4 is 9.46 Å². The molecule has 0 saturated carbocycles. The molecular weight excluding hydrogens is 206 g/mol. The second-order valence-electron chi connectivity index (χ2n) is 3.80. The first-order valence-corrected chi connectivity index (χ1v) is 6.27. The lowest BCUT2D eigenvalue weighted by Crippen LogP contribution is -2.01. The van der Waals surface area contributed by atoms with Crippen molar-refractivity contribution < 1.29 is 4.74 Å². The maximum absolute atomic E-state index is 5.75. The van der Waals surface area contributed by atoms with E-state index in [2.05, 4.69) is 29.0 Å². The van der Waals surface area contributed by atoms with Crippen LogP contribution in [-0.2, 0) is 5.75 Å². The van der Waals surface area contributed by atoms with Crippen molar-refractivity contribution >= 4 is 23.7 Å². The molecule has 2 aliphatic heterocycles. The normalized spacial score (nSPS) is 20.3. The van der Waals surface area contributed by atoms with Crippen molar-refractivity contribution in [3.05, 3.63) is 29.3 Å². The first-order chi connectivity index (χ1) is 7.45. The third kappa shape index (κ3) is 1.61. The van der Waals surface area contributed by atoms with E-state index >= 15 is 0 Å². The molecule has 0 unspecified atom stereocenters. The Bertz CT molecular complexity index is 414. The van der Waals surface area contributed by atoms with E-state index < -0.39 is 0 Å². The van der Waals surface area contributed by atoms with Crippen LogP contribution in [0.5, 0.6) is 5.75 Å². The average Bonchev–Trinajstić information content (AvgIpc) is 2.65. The number of allylic oxidation sites excluding steroid dienone is 1. The highest BCUT2D eigenvalue weighted by Crippen LogP contribution is 2.40. The molecule has 0 aromatic heterocycles. The van der Waals surface area contributed by atoms with Crippen molar-refractivity contribution in [3.8, 4) is 5.75 Å². The molecule has 2 nitrogen and oxygen atoms in total. The lowest BCUT2D eigenvalue weighted by atomic mass is 10.1. The molecule has 0 bridgehead atoms. The van der Waals surface area contributed by atoms with Crippen LogP contribution in [-0.4, -0.2) is 6.61 Å². The second-order valence-corrected chi connectivity index (χ2v) is 4.58. The van der Waals surface area contributed by atoms with Crippen LogP contribution in [0, 0.1) is 0 Å². The van der Waals surface area contributed by atoms with E-state index in [-0.39, 0.29) is 0 Å². The van der Waals surface area contributed by atoms with E-state index in [0.717, 1.165) is 31.0 Å². The maximum Gasteiger partial charge on any atom is 0.128 e. The van der Waals surface area contributed by atoms with Gasteiger partial charge >= 0.3 is 0 Å². The van der Waals surface area contributed by atoms with Gasteiger partial charge in [0.05, 0.1) is 12.3 Å². The molecular formula is C12H13NOS. The lowest BCUT2D eigenvalue weighted by molar-refractivity contribution is 0.310. The Kier molecular flexibility index (Phi) is 2.33. The molecule has 0 atom stereocenters. The predicted molar refractivity (Wildman–Crippen MR) is 65.1 cm³/mol. The van der Waals surface area contributed by atoms with Crippen LogP contribution in [0.4, 0.5) is 5.69 Å². The Morgan fingerprint density at radius 2 is 2.33 bits per heavy atom. The van der Waals surface area contributed by atoms with Gasteiger partial charge in [-0.25, -0.2) is 0 Å². The SMILES string of the molecule is C1=C\c2c(ccc3c2NSC3)OCCC/1. The molecule has 0 saturated heterocycles. The standard InChI is InChI=1S/C12H13NOS/c1-2-4-10-11(14-7-3-1)6-5-9-8-15-13-12(9)10/h2,4-6,13H,1,3,7-8H2/b4-2-. The molecule has 1 aromatic rings. The molecule has 0 aliphatic carbocycles. The summed E-state index contributed by atoms with van der Waals surface area (Å²) in [5, 5.41) is 0. The third-order valence-corrected chi connectivity index (χ3v) is 3.55. The number of hydrogen-bond acceptors (Lipinski definition) is 3. The van der Waals surface area contributed by atoms with Crippen LogP contribution in [0.2, 0.25) is 0 Å². The van der Waals surface area contributed by atoms with Gasteiger partial charge in [-0.05, 0) is 36.4 Å². The van der Waals surface area contributed by atoms with Gasteiger partial charge in [-0.1, -0.05) is 18.2 Å². The summed E-state index contributed by atoms with van der Waals surface area (Å²) in [5.74, 6) is 2.07. The summed E-state index contributed by atoms with van der Waals surface area (Å²) >= 11 is 1.75. The maximum atomic E-state index is 5.75. The molecule has 0 spiro atoms. The summed E-state index contributed by atoms with van der Waals surface area (Å²) in [6.07, 6.45) is 6.64. The van der Waals surface area contributed by atoms with Crippen molar-refractivity contribution in [2.24, 2.45) is 0 Å². The van der Waals surface area contributed by atoms with Gasteiger partial charge in [0.15, 0.2) is 0 Å². The van der Waals surface area contributed by atoms with Crippen molar-refractivity contribution in [2.75, 3.05) is 11.3 Å². The van der Waals surface area contributed by atoms with Gasteiger partial charge in [0, 0.05) is 11.3 Å². The quantitative estimate of drug-likeness (QED) is 0.675. The number of benzene rings is 1. The van der Waals surface area contributed by atoms with Gasteiger partial charge in [-0.2, -0.15) is 0 Å². The minimum atomic E-state index is 0.823. The Morgan fingerprint density at radius 3 is 3.33 bits per heavy atom. The van der Waals surface area contributed by atoms with Crippen molar-refractivity contribution in [2.45, 2.75) is 18.6 Å². The number of ether oxygens (including phenoxy) is 1. The van der Waals surface area contributed by atoms with Gasteiger partial charge in [0.25, 0.3) is 0 Å². The second kappa shape index (κ2) is 3.81. The molecule has 0 amide bonds. The summed E-state index contributed by atoms with van der Waals surface area (Å²) in [4.78, 5) is 0. The van der Waals surface area contributed by atoms with Gasteiger partial charge in [-0.15, -0.1) is 0 Å². The zero-order chi connectivity index (χ0) is 10.1. The molecule has 78 valence electrons. The molecule has 2 aliphatic rings. The molecule has 1 N–H and O–H groups in total. The summed E-state index contributed by atoms with van der Waals surface area (Å²) in [7, 11) is 0. The molecule has 2 heterocycles. The smallest absolute Gasteiger partial charge is 0.128 e. The molecule has 0 radical (unpaired) electrons. The fourth-order valence-electron chi connectivity index (χ4n) is 1.95. The van der Waals surface area contributed by atoms with Crippen molar-refractivity contribution in [1.29, 1.82) is 0 Å². The first kappa shape index (κ1) is 9.16. The highest BCUT2D eigenvalue weighted by molar-refractivity contribution is 8.00. The molecule has 15 heavy (non-hydrogen) atoms. The monoisotopic (exact) mass is 219 g/mol. The van der Waals surface area contributed by atoms with Crippen LogP contribution in [0.3, 0.4) is 0 Å². The van der Waals surface area contributed by atoms with E-state index in [1.165, 1.54) is 16.8 Å². The van der Waals surface area contributed by atoms with E-state index in [9.17, 15) is 0 Å². The van der Waals surface area contributed by atoms with Gasteiger partial charge < -0.3 is 9.46 Å². The van der Waals surface area contributed by atoms with Gasteiger partial charge in [-0.3, -0.25) is 0 Å². The largest absolute Gasteiger partial charge is 0.493 e. The molecule has 1 aromatic carbocycles. The van der Waals surface area contributed by atoms with Crippen molar-refractivity contribution in [3.63, 3.8) is 0 Å². The Balaban J connectivity index is 2.12. The minimum Gasteiger partial charge on any atom is -0.493 e. The highest BCUT2D eigenvalue weighted by atomic mass is 32.2. The Labute approximate surface area is 93.8 Å². The van der Waals surface area contributed by atoms with E-state index in [0.29, 0.717) is 0 Å². The molecule has 0 fully saturated rings. The molecule has 3 heteroatoms. The number of fused-ring (bicyclic) bond motifs is 3. The van der Waals surface area contributed by atoms with Crippen LogP contribution >= 0.6 is 11.9 Å². The summed E-state index contributed by atoms with van der Waals surface area (Å²) in [5.41, 5.74) is 3.85. The third-order valence-electron chi connectivity index (χ3n) is 2.75. The number of hydrogen-bond donors (Lipinski definition) is 1. The summed E-state index contributed by atoms with van der Waals surface area (Å²) < 4.78 is 9.12. The fourth-order valence-corrected chi connectivity index (χ4v) is 2.80. The topological polar surface area (TPSA) is 21.3 Å². The number of rotatable bonds is 0. The summed E-state index contributed by atoms with van der Waals surface area (Å²) in [6, 6.07) is 4.26. The van der Waals surface area contributed by atoms with E-state index in [4.69, 9.17) is 4.74 Å². The number of anilines is 1. The Hall–Kier alpha value is -1.09. The van der Waals surface area contributed by atoms with Crippen LogP contribution in [0.1, 0.15) is 24.0 Å². The Morgan fingerprint density at radius 1 is 1.33 bits per heavy atom. The first-order valence-electron chi connectivity index (χ1n) is 5.28. The van der Waals surface area contributed by atoms with Gasteiger partial charge in [0.1, 0.15) is 5.75 Å². The van der Waals surface area contributed by atoms with E-state index in [1.807, 2.05) is 0 Å².